The van der Waals surface area contributed by atoms with Crippen LogP contribution in [0.5, 0.6) is 0 Å². The van der Waals surface area contributed by atoms with E-state index in [1.54, 1.807) is 0 Å². The van der Waals surface area contributed by atoms with E-state index in [2.05, 4.69) is 78.3 Å². The molecule has 45 heavy (non-hydrogen) atoms. The van der Waals surface area contributed by atoms with Gasteiger partial charge in [0.05, 0.1) is 0 Å². The first-order chi connectivity index (χ1) is 20.9. The summed E-state index contributed by atoms with van der Waals surface area (Å²) in [4.78, 5) is 40.3. The summed E-state index contributed by atoms with van der Waals surface area (Å²) < 4.78 is 0. The Hall–Kier alpha value is -2.37. The van der Waals surface area contributed by atoms with Gasteiger partial charge in [0, 0.05) is 34.8 Å². The summed E-state index contributed by atoms with van der Waals surface area (Å²) in [6, 6.07) is 5.55. The molecule has 3 amide bonds. The number of hydrogen-bond acceptors (Lipinski definition) is 3. The zero-order chi connectivity index (χ0) is 33.2. The molecule has 3 aliphatic rings. The van der Waals surface area contributed by atoms with Crippen LogP contribution in [0.4, 0.5) is 17.1 Å². The Morgan fingerprint density at radius 2 is 0.622 bits per heavy atom. The molecule has 3 aliphatic carbocycles. The van der Waals surface area contributed by atoms with Crippen molar-refractivity contribution in [3.8, 4) is 0 Å². The van der Waals surface area contributed by atoms with E-state index >= 15 is 0 Å². The predicted molar refractivity (Wildman–Crippen MR) is 187 cm³/mol. The quantitative estimate of drug-likeness (QED) is 0.295. The fourth-order valence-corrected chi connectivity index (χ4v) is 8.24. The fraction of sp³-hybridized carbons (Fsp3) is 0.769. The lowest BCUT2D eigenvalue weighted by atomic mass is 9.69. The first kappa shape index (κ1) is 35.5. The average molecular weight is 622 g/mol. The summed E-state index contributed by atoms with van der Waals surface area (Å²) in [5.74, 6) is 1.96. The highest BCUT2D eigenvalue weighted by molar-refractivity contribution is 5.99. The molecule has 252 valence electrons. The molecule has 3 fully saturated rings. The van der Waals surface area contributed by atoms with Gasteiger partial charge in [0.2, 0.25) is 17.7 Å². The van der Waals surface area contributed by atoms with Gasteiger partial charge in [-0.1, -0.05) is 62.3 Å². The molecule has 6 heteroatoms. The largest absolute Gasteiger partial charge is 0.326 e. The molecular formula is C39H63N3O3. The minimum absolute atomic E-state index is 0.0177. The number of nitrogens with one attached hydrogen (secondary N) is 3. The number of hydrogen-bond donors (Lipinski definition) is 3. The second-order valence-corrected chi connectivity index (χ2v) is 18.0. The van der Waals surface area contributed by atoms with E-state index in [4.69, 9.17) is 0 Å². The smallest absolute Gasteiger partial charge is 0.227 e. The normalized spacial score (nSPS) is 28.2. The topological polar surface area (TPSA) is 87.3 Å². The highest BCUT2D eigenvalue weighted by atomic mass is 16.2. The Labute approximate surface area is 274 Å². The van der Waals surface area contributed by atoms with Crippen LogP contribution in [-0.2, 0) is 14.4 Å². The molecule has 1 aromatic rings. The van der Waals surface area contributed by atoms with Crippen LogP contribution < -0.4 is 16.0 Å². The molecule has 3 N–H and O–H groups in total. The van der Waals surface area contributed by atoms with Gasteiger partial charge in [-0.2, -0.15) is 0 Å². The van der Waals surface area contributed by atoms with E-state index in [0.717, 1.165) is 77.0 Å². The molecular weight excluding hydrogens is 558 g/mol. The van der Waals surface area contributed by atoms with E-state index < -0.39 is 0 Å². The van der Waals surface area contributed by atoms with Gasteiger partial charge in [-0.3, -0.25) is 14.4 Å². The van der Waals surface area contributed by atoms with Crippen LogP contribution in [0.3, 0.4) is 0 Å². The Balaban J connectivity index is 1.45. The molecule has 0 atom stereocenters. The molecule has 4 rings (SSSR count). The molecule has 0 unspecified atom stereocenters. The Bertz CT molecular complexity index is 1020. The number of amides is 3. The Morgan fingerprint density at radius 3 is 0.800 bits per heavy atom. The summed E-state index contributed by atoms with van der Waals surface area (Å²) in [7, 11) is 0. The van der Waals surface area contributed by atoms with Gasteiger partial charge in [-0.15, -0.1) is 0 Å². The van der Waals surface area contributed by atoms with Crippen molar-refractivity contribution in [1.82, 2.24) is 0 Å². The lowest BCUT2D eigenvalue weighted by Gasteiger charge is -2.36. The molecule has 1 aromatic carbocycles. The molecule has 0 aromatic heterocycles. The van der Waals surface area contributed by atoms with Crippen molar-refractivity contribution < 1.29 is 14.4 Å². The van der Waals surface area contributed by atoms with Crippen LogP contribution in [0, 0.1) is 51.8 Å². The maximum absolute atomic E-state index is 13.4. The zero-order valence-corrected chi connectivity index (χ0v) is 29.9. The number of rotatable bonds is 6. The van der Waals surface area contributed by atoms with Crippen LogP contribution >= 0.6 is 0 Å². The van der Waals surface area contributed by atoms with Gasteiger partial charge in [-0.05, 0) is 129 Å². The van der Waals surface area contributed by atoms with Gasteiger partial charge in [0.15, 0.2) is 0 Å². The molecule has 6 nitrogen and oxygen atoms in total. The second kappa shape index (κ2) is 14.2. The van der Waals surface area contributed by atoms with Crippen molar-refractivity contribution in [3.63, 3.8) is 0 Å². The van der Waals surface area contributed by atoms with Gasteiger partial charge < -0.3 is 16.0 Å². The second-order valence-electron chi connectivity index (χ2n) is 18.0. The first-order valence-electron chi connectivity index (χ1n) is 18.0. The van der Waals surface area contributed by atoms with Crippen molar-refractivity contribution >= 4 is 34.8 Å². The standard InChI is InChI=1S/C39H63N3O3/c1-37(2,3)28-16-10-25(11-17-28)34(43)40-31-22-32(41-35(44)26-12-18-29(19-13-26)38(4,5)6)24-33(23-31)42-36(45)27-14-20-30(21-15-27)39(7,8)9/h22-30H,10-21H2,1-9H3,(H,40,43)(H,41,44)(H,42,45)/t25-,26-,27?,28-,29-,30?. The molecule has 3 saturated carbocycles. The molecule has 0 radical (unpaired) electrons. The van der Waals surface area contributed by atoms with Gasteiger partial charge in [0.1, 0.15) is 0 Å². The molecule has 0 spiro atoms. The van der Waals surface area contributed by atoms with Crippen molar-refractivity contribution in [2.75, 3.05) is 16.0 Å². The van der Waals surface area contributed by atoms with E-state index in [0.29, 0.717) is 34.8 Å². The minimum atomic E-state index is -0.0177. The summed E-state index contributed by atoms with van der Waals surface area (Å²) >= 11 is 0. The summed E-state index contributed by atoms with van der Waals surface area (Å²) in [5.41, 5.74) is 2.66. The van der Waals surface area contributed by atoms with Crippen LogP contribution in [0.25, 0.3) is 0 Å². The summed E-state index contributed by atoms with van der Waals surface area (Å²) in [5, 5.41) is 9.46. The molecule has 0 heterocycles. The van der Waals surface area contributed by atoms with Crippen molar-refractivity contribution in [2.24, 2.45) is 51.8 Å². The Morgan fingerprint density at radius 1 is 0.422 bits per heavy atom. The summed E-state index contributed by atoms with van der Waals surface area (Å²) in [6.45, 7) is 20.6. The van der Waals surface area contributed by atoms with Crippen LogP contribution in [0.2, 0.25) is 0 Å². The van der Waals surface area contributed by atoms with Crippen LogP contribution in [0.1, 0.15) is 139 Å². The van der Waals surface area contributed by atoms with Gasteiger partial charge in [-0.25, -0.2) is 0 Å². The minimum Gasteiger partial charge on any atom is -0.326 e. The lowest BCUT2D eigenvalue weighted by molar-refractivity contribution is -0.122. The number of anilines is 3. The van der Waals surface area contributed by atoms with E-state index in [1.165, 1.54) is 0 Å². The van der Waals surface area contributed by atoms with E-state index in [1.807, 2.05) is 18.2 Å². The SMILES string of the molecule is CC(C)(C)C1CCC(C(=O)Nc2cc(NC(=O)[C@H]3CC[C@H](C(C)(C)C)CC3)cc(NC(=O)[C@H]3CC[C@H](C(C)(C)C)CC3)c2)CC1. The third-order valence-electron chi connectivity index (χ3n) is 11.7. The lowest BCUT2D eigenvalue weighted by Crippen LogP contribution is -2.32. The van der Waals surface area contributed by atoms with E-state index in [9.17, 15) is 14.4 Å². The maximum Gasteiger partial charge on any atom is 0.227 e. The molecule has 0 aliphatic heterocycles. The van der Waals surface area contributed by atoms with Crippen LogP contribution in [0.15, 0.2) is 18.2 Å². The highest BCUT2D eigenvalue weighted by Crippen LogP contribution is 2.42. The van der Waals surface area contributed by atoms with Gasteiger partial charge in [0.25, 0.3) is 0 Å². The Kier molecular flexibility index (Phi) is 11.2. The first-order valence-corrected chi connectivity index (χ1v) is 18.0. The third kappa shape index (κ3) is 9.81. The predicted octanol–water partition coefficient (Wildman–Crippen LogP) is 10.1. The van der Waals surface area contributed by atoms with Crippen molar-refractivity contribution in [1.29, 1.82) is 0 Å². The van der Waals surface area contributed by atoms with Crippen molar-refractivity contribution in [3.05, 3.63) is 18.2 Å². The van der Waals surface area contributed by atoms with Crippen LogP contribution in [-0.4, -0.2) is 17.7 Å². The molecule has 0 saturated heterocycles. The third-order valence-corrected chi connectivity index (χ3v) is 11.7. The molecule has 0 bridgehead atoms. The monoisotopic (exact) mass is 621 g/mol. The number of carbonyl (C=O) groups is 3. The maximum atomic E-state index is 13.4. The fourth-order valence-electron chi connectivity index (χ4n) is 8.24. The highest BCUT2D eigenvalue weighted by Gasteiger charge is 2.35. The van der Waals surface area contributed by atoms with Gasteiger partial charge >= 0.3 is 0 Å². The number of benzene rings is 1. The zero-order valence-electron chi connectivity index (χ0n) is 29.9. The van der Waals surface area contributed by atoms with Crippen molar-refractivity contribution in [2.45, 2.75) is 139 Å². The van der Waals surface area contributed by atoms with E-state index in [-0.39, 0.29) is 51.7 Å². The average Bonchev–Trinajstić information content (AvgIpc) is 2.96. The summed E-state index contributed by atoms with van der Waals surface area (Å²) in [6.07, 6.45) is 11.7. The number of carbonyl (C=O) groups excluding carboxylic acids is 3.